The maximum absolute atomic E-state index is 8.61. The van der Waals surface area contributed by atoms with Crippen molar-refractivity contribution < 1.29 is 0 Å². The number of hydrogen-bond donors (Lipinski definition) is 1. The Morgan fingerprint density at radius 3 is 2.94 bits per heavy atom. The largest absolute Gasteiger partial charge is 0.398 e. The van der Waals surface area contributed by atoms with E-state index >= 15 is 0 Å². The maximum Gasteiger partial charge on any atom is 0.0640 e. The van der Waals surface area contributed by atoms with Gasteiger partial charge in [0.1, 0.15) is 0 Å². The molecule has 0 aliphatic heterocycles. The normalized spacial score (nSPS) is 10.1. The SMILES string of the molecule is CN(CCC#N)c1ccc(N)c2cnccc12. The molecule has 0 aliphatic rings. The van der Waals surface area contributed by atoms with Gasteiger partial charge in [0.05, 0.1) is 12.5 Å². The van der Waals surface area contributed by atoms with Crippen molar-refractivity contribution in [2.75, 3.05) is 24.2 Å². The second kappa shape index (κ2) is 4.71. The van der Waals surface area contributed by atoms with Gasteiger partial charge >= 0.3 is 0 Å². The van der Waals surface area contributed by atoms with E-state index in [1.807, 2.05) is 25.2 Å². The zero-order valence-corrected chi connectivity index (χ0v) is 9.72. The van der Waals surface area contributed by atoms with Crippen LogP contribution in [0.5, 0.6) is 0 Å². The first-order chi connectivity index (χ1) is 8.24. The predicted octanol–water partition coefficient (Wildman–Crippen LogP) is 2.17. The Hall–Kier alpha value is -2.28. The van der Waals surface area contributed by atoms with Crippen molar-refractivity contribution in [1.82, 2.24) is 4.98 Å². The molecule has 0 radical (unpaired) electrons. The van der Waals surface area contributed by atoms with Crippen LogP contribution in [0.4, 0.5) is 11.4 Å². The van der Waals surface area contributed by atoms with Gasteiger partial charge in [-0.05, 0) is 18.2 Å². The van der Waals surface area contributed by atoms with Gasteiger partial charge in [0.2, 0.25) is 0 Å². The number of aromatic nitrogens is 1. The van der Waals surface area contributed by atoms with E-state index < -0.39 is 0 Å². The minimum absolute atomic E-state index is 0.507. The van der Waals surface area contributed by atoms with Crippen LogP contribution in [0.25, 0.3) is 10.8 Å². The van der Waals surface area contributed by atoms with Crippen LogP contribution >= 0.6 is 0 Å². The van der Waals surface area contributed by atoms with Gasteiger partial charge in [-0.2, -0.15) is 5.26 Å². The van der Waals surface area contributed by atoms with Gasteiger partial charge in [-0.1, -0.05) is 0 Å². The third-order valence-electron chi connectivity index (χ3n) is 2.80. The number of nitrogen functional groups attached to an aromatic ring is 1. The van der Waals surface area contributed by atoms with Crippen LogP contribution in [-0.4, -0.2) is 18.6 Å². The molecule has 0 fully saturated rings. The monoisotopic (exact) mass is 226 g/mol. The molecule has 2 N–H and O–H groups in total. The quantitative estimate of drug-likeness (QED) is 0.814. The molecule has 1 aromatic heterocycles. The third kappa shape index (κ3) is 2.13. The first-order valence-electron chi connectivity index (χ1n) is 5.44. The van der Waals surface area contributed by atoms with E-state index in [2.05, 4.69) is 16.0 Å². The number of nitriles is 1. The summed E-state index contributed by atoms with van der Waals surface area (Å²) < 4.78 is 0. The molecule has 1 aromatic carbocycles. The van der Waals surface area contributed by atoms with E-state index in [1.165, 1.54) is 0 Å². The van der Waals surface area contributed by atoms with E-state index in [-0.39, 0.29) is 0 Å². The van der Waals surface area contributed by atoms with Crippen LogP contribution in [0.1, 0.15) is 6.42 Å². The summed E-state index contributed by atoms with van der Waals surface area (Å²) in [6, 6.07) is 7.96. The first kappa shape index (κ1) is 11.2. The molecule has 4 heteroatoms. The standard InChI is InChI=1S/C13H14N4/c1-17(8-2-6-14)13-4-3-12(15)11-9-16-7-5-10(11)13/h3-5,7,9H,2,8,15H2,1H3. The van der Waals surface area contributed by atoms with Gasteiger partial charge < -0.3 is 10.6 Å². The molecule has 0 saturated heterocycles. The number of pyridine rings is 1. The lowest BCUT2D eigenvalue weighted by Gasteiger charge is -2.20. The Morgan fingerprint density at radius 1 is 1.35 bits per heavy atom. The lowest BCUT2D eigenvalue weighted by molar-refractivity contribution is 0.909. The Morgan fingerprint density at radius 2 is 2.18 bits per heavy atom. The Labute approximate surface area is 100 Å². The summed E-state index contributed by atoms with van der Waals surface area (Å²) in [5.41, 5.74) is 7.72. The molecular weight excluding hydrogens is 212 g/mol. The molecule has 17 heavy (non-hydrogen) atoms. The molecule has 2 rings (SSSR count). The summed E-state index contributed by atoms with van der Waals surface area (Å²) in [4.78, 5) is 6.15. The molecule has 0 amide bonds. The van der Waals surface area contributed by atoms with Crippen molar-refractivity contribution in [3.05, 3.63) is 30.6 Å². The van der Waals surface area contributed by atoms with E-state index in [0.717, 1.165) is 22.1 Å². The predicted molar refractivity (Wildman–Crippen MR) is 69.7 cm³/mol. The molecule has 4 nitrogen and oxygen atoms in total. The number of benzene rings is 1. The molecule has 0 spiro atoms. The van der Waals surface area contributed by atoms with Crippen molar-refractivity contribution in [2.45, 2.75) is 6.42 Å². The Balaban J connectivity index is 2.48. The van der Waals surface area contributed by atoms with Gasteiger partial charge in [-0.3, -0.25) is 4.98 Å². The second-order valence-electron chi connectivity index (χ2n) is 3.92. The van der Waals surface area contributed by atoms with E-state index in [4.69, 9.17) is 11.0 Å². The van der Waals surface area contributed by atoms with Crippen molar-refractivity contribution in [1.29, 1.82) is 5.26 Å². The smallest absolute Gasteiger partial charge is 0.0640 e. The lowest BCUT2D eigenvalue weighted by Crippen LogP contribution is -2.18. The van der Waals surface area contributed by atoms with Crippen LogP contribution in [0.3, 0.4) is 0 Å². The fourth-order valence-corrected chi connectivity index (χ4v) is 1.87. The van der Waals surface area contributed by atoms with E-state index in [1.54, 1.807) is 12.4 Å². The van der Waals surface area contributed by atoms with Crippen LogP contribution < -0.4 is 10.6 Å². The highest BCUT2D eigenvalue weighted by Gasteiger charge is 2.07. The summed E-state index contributed by atoms with van der Waals surface area (Å²) in [6.45, 7) is 0.706. The summed E-state index contributed by atoms with van der Waals surface area (Å²) >= 11 is 0. The van der Waals surface area contributed by atoms with E-state index in [0.29, 0.717) is 13.0 Å². The maximum atomic E-state index is 8.61. The summed E-state index contributed by atoms with van der Waals surface area (Å²) in [5.74, 6) is 0. The topological polar surface area (TPSA) is 65.9 Å². The van der Waals surface area contributed by atoms with Gasteiger partial charge in [-0.15, -0.1) is 0 Å². The molecule has 0 aliphatic carbocycles. The van der Waals surface area contributed by atoms with Crippen molar-refractivity contribution in [3.8, 4) is 6.07 Å². The van der Waals surface area contributed by atoms with Crippen molar-refractivity contribution in [2.24, 2.45) is 0 Å². The molecule has 0 unspecified atom stereocenters. The lowest BCUT2D eigenvalue weighted by atomic mass is 10.1. The fraction of sp³-hybridized carbons (Fsp3) is 0.231. The Kier molecular flexibility index (Phi) is 3.10. The highest BCUT2D eigenvalue weighted by atomic mass is 15.1. The summed E-state index contributed by atoms with van der Waals surface area (Å²) in [5, 5.41) is 10.6. The highest BCUT2D eigenvalue weighted by Crippen LogP contribution is 2.29. The van der Waals surface area contributed by atoms with Gasteiger partial charge in [0.25, 0.3) is 0 Å². The Bertz CT molecular complexity index is 571. The van der Waals surface area contributed by atoms with Gasteiger partial charge in [-0.25, -0.2) is 0 Å². The zero-order chi connectivity index (χ0) is 12.3. The van der Waals surface area contributed by atoms with Crippen molar-refractivity contribution >= 4 is 22.1 Å². The number of rotatable bonds is 3. The third-order valence-corrected chi connectivity index (χ3v) is 2.80. The number of nitrogens with two attached hydrogens (primary N) is 1. The number of fused-ring (bicyclic) bond motifs is 1. The summed E-state index contributed by atoms with van der Waals surface area (Å²) in [7, 11) is 1.97. The van der Waals surface area contributed by atoms with Gasteiger partial charge in [0, 0.05) is 48.1 Å². The molecule has 0 bridgehead atoms. The number of hydrogen-bond acceptors (Lipinski definition) is 4. The van der Waals surface area contributed by atoms with Gasteiger partial charge in [0.15, 0.2) is 0 Å². The zero-order valence-electron chi connectivity index (χ0n) is 9.72. The molecule has 86 valence electrons. The van der Waals surface area contributed by atoms with Crippen LogP contribution in [0.15, 0.2) is 30.6 Å². The number of anilines is 2. The first-order valence-corrected chi connectivity index (χ1v) is 5.44. The molecule has 0 atom stereocenters. The fourth-order valence-electron chi connectivity index (χ4n) is 1.87. The van der Waals surface area contributed by atoms with Crippen LogP contribution in [-0.2, 0) is 0 Å². The molecule has 2 aromatic rings. The molecule has 0 saturated carbocycles. The van der Waals surface area contributed by atoms with Crippen LogP contribution in [0, 0.1) is 11.3 Å². The minimum atomic E-state index is 0.507. The highest BCUT2D eigenvalue weighted by molar-refractivity contribution is 6.00. The number of nitrogens with zero attached hydrogens (tertiary/aromatic N) is 3. The molecule has 1 heterocycles. The average molecular weight is 226 g/mol. The van der Waals surface area contributed by atoms with E-state index in [9.17, 15) is 0 Å². The van der Waals surface area contributed by atoms with Crippen molar-refractivity contribution in [3.63, 3.8) is 0 Å². The minimum Gasteiger partial charge on any atom is -0.398 e. The van der Waals surface area contributed by atoms with Crippen LogP contribution in [0.2, 0.25) is 0 Å². The average Bonchev–Trinajstić information content (AvgIpc) is 2.37. The molecular formula is C13H14N4. The second-order valence-corrected chi connectivity index (χ2v) is 3.92. The summed E-state index contributed by atoms with van der Waals surface area (Å²) in [6.07, 6.45) is 4.03.